The van der Waals surface area contributed by atoms with Crippen molar-refractivity contribution in [2.75, 3.05) is 11.9 Å². The molecule has 30 heavy (non-hydrogen) atoms. The summed E-state index contributed by atoms with van der Waals surface area (Å²) in [5, 5.41) is 13.0. The molecule has 0 bridgehead atoms. The molecule has 3 aromatic rings. The van der Waals surface area contributed by atoms with Gasteiger partial charge in [-0.1, -0.05) is 36.4 Å². The van der Waals surface area contributed by atoms with Crippen molar-refractivity contribution in [2.45, 2.75) is 22.7 Å². The Morgan fingerprint density at radius 3 is 2.73 bits per heavy atom. The van der Waals surface area contributed by atoms with Crippen molar-refractivity contribution in [2.24, 2.45) is 5.73 Å². The van der Waals surface area contributed by atoms with Crippen molar-refractivity contribution in [1.29, 1.82) is 5.41 Å². The zero-order valence-electron chi connectivity index (χ0n) is 16.0. The van der Waals surface area contributed by atoms with Crippen LogP contribution in [0.1, 0.15) is 17.2 Å². The molecule has 8 heteroatoms. The highest BCUT2D eigenvalue weighted by molar-refractivity contribution is 8.01. The molecule has 2 unspecified atom stereocenters. The first-order valence-corrected chi connectivity index (χ1v) is 11.2. The van der Waals surface area contributed by atoms with E-state index in [0.29, 0.717) is 6.42 Å². The summed E-state index contributed by atoms with van der Waals surface area (Å²) in [4.78, 5) is 13.2. The maximum Gasteiger partial charge on any atom is 0.412 e. The van der Waals surface area contributed by atoms with Gasteiger partial charge < -0.3 is 15.2 Å². The number of nitrogens with one attached hydrogen (secondary N) is 2. The maximum atomic E-state index is 12.2. The van der Waals surface area contributed by atoms with Gasteiger partial charge in [0.15, 0.2) is 6.10 Å². The van der Waals surface area contributed by atoms with Crippen molar-refractivity contribution >= 4 is 40.0 Å². The van der Waals surface area contributed by atoms with Crippen LogP contribution in [0, 0.1) is 5.41 Å². The fourth-order valence-corrected chi connectivity index (χ4v) is 4.95. The summed E-state index contributed by atoms with van der Waals surface area (Å²) in [5.74, 6) is 0.884. The van der Waals surface area contributed by atoms with Crippen LogP contribution in [0.4, 0.5) is 9.80 Å². The van der Waals surface area contributed by atoms with Crippen LogP contribution in [0.25, 0.3) is 0 Å². The summed E-state index contributed by atoms with van der Waals surface area (Å²) in [5.41, 5.74) is 7.66. The molecule has 0 aliphatic carbocycles. The van der Waals surface area contributed by atoms with Crippen LogP contribution >= 0.6 is 23.1 Å². The lowest BCUT2D eigenvalue weighted by Gasteiger charge is -2.21. The van der Waals surface area contributed by atoms with Crippen molar-refractivity contribution in [3.05, 3.63) is 77.2 Å². The van der Waals surface area contributed by atoms with E-state index in [9.17, 15) is 4.79 Å². The minimum Gasteiger partial charge on any atom is -0.482 e. The van der Waals surface area contributed by atoms with Gasteiger partial charge in [0.1, 0.15) is 18.2 Å². The van der Waals surface area contributed by atoms with E-state index in [1.807, 2.05) is 66.0 Å². The van der Waals surface area contributed by atoms with Gasteiger partial charge in [0.25, 0.3) is 0 Å². The van der Waals surface area contributed by atoms with Gasteiger partial charge in [0.05, 0.1) is 10.3 Å². The molecule has 1 aromatic heterocycles. The number of hydrogen-bond acceptors (Lipinski definition) is 6. The van der Waals surface area contributed by atoms with E-state index in [0.717, 1.165) is 26.8 Å². The number of rotatable bonds is 7. The van der Waals surface area contributed by atoms with Gasteiger partial charge in [-0.2, -0.15) is 0 Å². The topological polar surface area (TPSA) is 97.4 Å². The Balaban J connectivity index is 1.50. The first-order valence-electron chi connectivity index (χ1n) is 9.41. The van der Waals surface area contributed by atoms with Gasteiger partial charge in [-0.15, -0.1) is 23.1 Å². The molecule has 0 radical (unpaired) electrons. The lowest BCUT2D eigenvalue weighted by Crippen LogP contribution is -2.24. The Morgan fingerprint density at radius 1 is 1.17 bits per heavy atom. The zero-order chi connectivity index (χ0) is 20.9. The van der Waals surface area contributed by atoms with Gasteiger partial charge >= 0.3 is 6.09 Å². The third-order valence-electron chi connectivity index (χ3n) is 4.65. The number of amides is 1. The molecule has 154 valence electrons. The summed E-state index contributed by atoms with van der Waals surface area (Å²) < 4.78 is 11.8. The van der Waals surface area contributed by atoms with Crippen LogP contribution < -0.4 is 15.8 Å². The SMILES string of the molecule is N=C(N)C1Cc2c(OC(COC(=O)Nc3cccs3)c3ccccc3)cccc2S1. The molecule has 2 heterocycles. The molecule has 1 aliphatic rings. The predicted molar refractivity (Wildman–Crippen MR) is 121 cm³/mol. The Hall–Kier alpha value is -2.97. The van der Waals surface area contributed by atoms with E-state index >= 15 is 0 Å². The van der Waals surface area contributed by atoms with E-state index < -0.39 is 12.2 Å². The fourth-order valence-electron chi connectivity index (χ4n) is 3.18. The fraction of sp³-hybridized carbons (Fsp3) is 0.182. The summed E-state index contributed by atoms with van der Waals surface area (Å²) in [6.45, 7) is 0.0637. The molecule has 0 saturated heterocycles. The summed E-state index contributed by atoms with van der Waals surface area (Å²) in [6, 6.07) is 19.2. The number of ether oxygens (including phenoxy) is 2. The third-order valence-corrected chi connectivity index (χ3v) is 6.78. The maximum absolute atomic E-state index is 12.2. The molecule has 0 spiro atoms. The number of anilines is 1. The average molecular weight is 440 g/mol. The smallest absolute Gasteiger partial charge is 0.412 e. The number of fused-ring (bicyclic) bond motifs is 1. The van der Waals surface area contributed by atoms with Crippen molar-refractivity contribution in [1.82, 2.24) is 0 Å². The second-order valence-electron chi connectivity index (χ2n) is 6.72. The summed E-state index contributed by atoms with van der Waals surface area (Å²) in [7, 11) is 0. The molecule has 1 aliphatic heterocycles. The highest BCUT2D eigenvalue weighted by Crippen LogP contribution is 2.42. The molecular weight excluding hydrogens is 418 g/mol. The number of benzene rings is 2. The quantitative estimate of drug-likeness (QED) is 0.353. The van der Waals surface area contributed by atoms with Gasteiger partial charge in [-0.05, 0) is 41.6 Å². The molecule has 4 N–H and O–H groups in total. The van der Waals surface area contributed by atoms with Gasteiger partial charge in [-0.3, -0.25) is 10.7 Å². The average Bonchev–Trinajstić information content (AvgIpc) is 3.42. The monoisotopic (exact) mass is 439 g/mol. The predicted octanol–water partition coefficient (Wildman–Crippen LogP) is 5.07. The van der Waals surface area contributed by atoms with E-state index in [-0.39, 0.29) is 17.7 Å². The first-order chi connectivity index (χ1) is 14.6. The van der Waals surface area contributed by atoms with Crippen LogP contribution in [-0.2, 0) is 11.2 Å². The molecule has 4 rings (SSSR count). The summed E-state index contributed by atoms with van der Waals surface area (Å²) in [6.07, 6.45) is -0.340. The minimum absolute atomic E-state index is 0.0637. The third kappa shape index (κ3) is 4.77. The standard InChI is InChI=1S/C22H21N3O3S2/c23-21(24)19-12-15-16(8-4-9-18(15)30-19)28-17(14-6-2-1-3-7-14)13-27-22(26)25-20-10-5-11-29-20/h1-11,17,19H,12-13H2,(H3,23,24)(H,25,26). The molecule has 2 aromatic carbocycles. The number of thiophene rings is 1. The number of carbonyl (C=O) groups excluding carboxylic acids is 1. The van der Waals surface area contributed by atoms with Crippen LogP contribution in [0.3, 0.4) is 0 Å². The highest BCUT2D eigenvalue weighted by Gasteiger charge is 2.28. The van der Waals surface area contributed by atoms with Crippen molar-refractivity contribution < 1.29 is 14.3 Å². The number of amidine groups is 1. The number of thioether (sulfide) groups is 1. The van der Waals surface area contributed by atoms with Gasteiger partial charge in [0.2, 0.25) is 0 Å². The number of carbonyl (C=O) groups is 1. The number of nitrogens with two attached hydrogens (primary N) is 1. The first kappa shape index (κ1) is 20.3. The molecular formula is C22H21N3O3S2. The summed E-state index contributed by atoms with van der Waals surface area (Å²) >= 11 is 3.01. The minimum atomic E-state index is -0.521. The van der Waals surface area contributed by atoms with Crippen molar-refractivity contribution in [3.8, 4) is 5.75 Å². The van der Waals surface area contributed by atoms with E-state index in [1.165, 1.54) is 11.3 Å². The molecule has 0 saturated carbocycles. The lowest BCUT2D eigenvalue weighted by atomic mass is 10.1. The normalized spacial score (nSPS) is 15.8. The Morgan fingerprint density at radius 2 is 2.00 bits per heavy atom. The van der Waals surface area contributed by atoms with Crippen LogP contribution in [0.2, 0.25) is 0 Å². The van der Waals surface area contributed by atoms with Crippen LogP contribution in [0.15, 0.2) is 70.9 Å². The highest BCUT2D eigenvalue weighted by atomic mass is 32.2. The van der Waals surface area contributed by atoms with E-state index in [2.05, 4.69) is 5.32 Å². The molecule has 1 amide bonds. The van der Waals surface area contributed by atoms with E-state index in [1.54, 1.807) is 11.8 Å². The molecule has 2 atom stereocenters. The van der Waals surface area contributed by atoms with E-state index in [4.69, 9.17) is 20.6 Å². The molecule has 6 nitrogen and oxygen atoms in total. The van der Waals surface area contributed by atoms with Crippen molar-refractivity contribution in [3.63, 3.8) is 0 Å². The molecule has 0 fully saturated rings. The second kappa shape index (κ2) is 9.23. The number of hydrogen-bond donors (Lipinski definition) is 3. The van der Waals surface area contributed by atoms with Gasteiger partial charge in [-0.25, -0.2) is 4.79 Å². The Kier molecular flexibility index (Phi) is 6.25. The zero-order valence-corrected chi connectivity index (χ0v) is 17.7. The van der Waals surface area contributed by atoms with Gasteiger partial charge in [0, 0.05) is 10.5 Å². The Labute approximate surface area is 182 Å². The lowest BCUT2D eigenvalue weighted by molar-refractivity contribution is 0.0894. The Bertz CT molecular complexity index is 1030. The second-order valence-corrected chi connectivity index (χ2v) is 8.91. The van der Waals surface area contributed by atoms with Crippen LogP contribution in [0.5, 0.6) is 5.75 Å². The largest absolute Gasteiger partial charge is 0.482 e. The van der Waals surface area contributed by atoms with Crippen LogP contribution in [-0.4, -0.2) is 23.8 Å².